The molecule has 0 unspecified atom stereocenters. The highest BCUT2D eigenvalue weighted by Gasteiger charge is 2.16. The SMILES string of the molecule is CCOc1ccccc1Nc1nnc(SCC(=O)c2ccc3c(c2)CCO3)s1. The Hall–Kier alpha value is -2.58. The van der Waals surface area contributed by atoms with Crippen LogP contribution in [-0.4, -0.2) is 34.9 Å². The fourth-order valence-corrected chi connectivity index (χ4v) is 4.51. The topological polar surface area (TPSA) is 73.3 Å². The number of para-hydroxylation sites is 2. The summed E-state index contributed by atoms with van der Waals surface area (Å²) < 4.78 is 11.8. The summed E-state index contributed by atoms with van der Waals surface area (Å²) in [5.41, 5.74) is 2.66. The number of anilines is 2. The highest BCUT2D eigenvalue weighted by molar-refractivity contribution is 8.01. The van der Waals surface area contributed by atoms with Crippen molar-refractivity contribution in [2.75, 3.05) is 24.3 Å². The Morgan fingerprint density at radius 3 is 3.07 bits per heavy atom. The number of fused-ring (bicyclic) bond motifs is 1. The molecule has 0 bridgehead atoms. The second-order valence-corrected chi connectivity index (χ2v) is 8.26. The fourth-order valence-electron chi connectivity index (χ4n) is 2.86. The van der Waals surface area contributed by atoms with Crippen LogP contribution in [0.4, 0.5) is 10.8 Å². The van der Waals surface area contributed by atoms with Crippen LogP contribution in [0.2, 0.25) is 0 Å². The summed E-state index contributed by atoms with van der Waals surface area (Å²) in [6, 6.07) is 13.3. The lowest BCUT2D eigenvalue weighted by Crippen LogP contribution is -2.02. The molecule has 8 heteroatoms. The van der Waals surface area contributed by atoms with Crippen LogP contribution in [0.5, 0.6) is 11.5 Å². The third-order valence-corrected chi connectivity index (χ3v) is 6.15. The van der Waals surface area contributed by atoms with Crippen LogP contribution in [0, 0.1) is 0 Å². The number of aromatic nitrogens is 2. The normalized spacial score (nSPS) is 12.3. The molecule has 1 aliphatic heterocycles. The Bertz CT molecular complexity index is 990. The average molecular weight is 414 g/mol. The van der Waals surface area contributed by atoms with Gasteiger partial charge in [0.05, 0.1) is 24.7 Å². The minimum absolute atomic E-state index is 0.0751. The van der Waals surface area contributed by atoms with Gasteiger partial charge in [0.1, 0.15) is 11.5 Å². The van der Waals surface area contributed by atoms with Gasteiger partial charge >= 0.3 is 0 Å². The van der Waals surface area contributed by atoms with Crippen molar-refractivity contribution in [3.8, 4) is 11.5 Å². The fraction of sp³-hybridized carbons (Fsp3) is 0.250. The maximum absolute atomic E-state index is 12.5. The maximum Gasteiger partial charge on any atom is 0.210 e. The first-order valence-electron chi connectivity index (χ1n) is 8.97. The molecule has 1 N–H and O–H groups in total. The van der Waals surface area contributed by atoms with E-state index < -0.39 is 0 Å². The van der Waals surface area contributed by atoms with Crippen molar-refractivity contribution in [2.45, 2.75) is 17.7 Å². The lowest BCUT2D eigenvalue weighted by molar-refractivity contribution is 0.102. The number of hydrogen-bond acceptors (Lipinski definition) is 8. The van der Waals surface area contributed by atoms with E-state index in [0.29, 0.717) is 29.7 Å². The number of hydrogen-bond donors (Lipinski definition) is 1. The molecule has 2 heterocycles. The van der Waals surface area contributed by atoms with Crippen molar-refractivity contribution in [2.24, 2.45) is 0 Å². The molecule has 0 atom stereocenters. The van der Waals surface area contributed by atoms with Gasteiger partial charge in [0.2, 0.25) is 5.13 Å². The summed E-state index contributed by atoms with van der Waals surface area (Å²) in [5, 5.41) is 12.2. The molecule has 0 spiro atoms. The number of rotatable bonds is 8. The summed E-state index contributed by atoms with van der Waals surface area (Å²) in [4.78, 5) is 12.5. The van der Waals surface area contributed by atoms with Gasteiger partial charge in [-0.05, 0) is 42.8 Å². The van der Waals surface area contributed by atoms with Gasteiger partial charge in [-0.3, -0.25) is 4.79 Å². The zero-order chi connectivity index (χ0) is 19.3. The minimum Gasteiger partial charge on any atom is -0.493 e. The molecule has 144 valence electrons. The monoisotopic (exact) mass is 413 g/mol. The van der Waals surface area contributed by atoms with Crippen LogP contribution in [-0.2, 0) is 6.42 Å². The third-order valence-electron chi connectivity index (χ3n) is 4.17. The predicted octanol–water partition coefficient (Wildman–Crippen LogP) is 4.59. The minimum atomic E-state index is 0.0751. The number of carbonyl (C=O) groups is 1. The van der Waals surface area contributed by atoms with Crippen LogP contribution in [0.1, 0.15) is 22.8 Å². The lowest BCUT2D eigenvalue weighted by Gasteiger charge is -2.09. The number of carbonyl (C=O) groups excluding carboxylic acids is 1. The number of ketones is 1. The number of ether oxygens (including phenoxy) is 2. The first-order valence-corrected chi connectivity index (χ1v) is 10.8. The van der Waals surface area contributed by atoms with E-state index in [1.54, 1.807) is 0 Å². The average Bonchev–Trinajstić information content (AvgIpc) is 3.36. The van der Waals surface area contributed by atoms with Crippen molar-refractivity contribution in [3.05, 3.63) is 53.6 Å². The summed E-state index contributed by atoms with van der Waals surface area (Å²) in [7, 11) is 0. The second kappa shape index (κ2) is 8.62. The van der Waals surface area contributed by atoms with E-state index in [1.165, 1.54) is 23.1 Å². The number of benzene rings is 2. The van der Waals surface area contributed by atoms with Gasteiger partial charge in [0.25, 0.3) is 0 Å². The Kier molecular flexibility index (Phi) is 5.78. The molecular formula is C20H19N3O3S2. The van der Waals surface area contributed by atoms with Crippen LogP contribution in [0.15, 0.2) is 46.8 Å². The molecule has 6 nitrogen and oxygen atoms in total. The molecule has 0 aliphatic carbocycles. The van der Waals surface area contributed by atoms with Crippen molar-refractivity contribution in [1.82, 2.24) is 10.2 Å². The largest absolute Gasteiger partial charge is 0.493 e. The van der Waals surface area contributed by atoms with Crippen LogP contribution in [0.3, 0.4) is 0 Å². The summed E-state index contributed by atoms with van der Waals surface area (Å²) in [5.74, 6) is 2.05. The number of Topliss-reactive ketones (excluding diaryl/α,β-unsaturated/α-hetero) is 1. The Labute approximate surface area is 171 Å². The molecule has 2 aromatic carbocycles. The van der Waals surface area contributed by atoms with Crippen LogP contribution >= 0.6 is 23.1 Å². The van der Waals surface area contributed by atoms with Gasteiger partial charge in [0, 0.05) is 12.0 Å². The van der Waals surface area contributed by atoms with Crippen molar-refractivity contribution in [1.29, 1.82) is 0 Å². The highest BCUT2D eigenvalue weighted by Crippen LogP contribution is 2.32. The zero-order valence-corrected chi connectivity index (χ0v) is 16.9. The summed E-state index contributed by atoms with van der Waals surface area (Å²) in [6.07, 6.45) is 0.859. The van der Waals surface area contributed by atoms with E-state index in [0.717, 1.165) is 33.5 Å². The molecule has 28 heavy (non-hydrogen) atoms. The predicted molar refractivity (Wildman–Crippen MR) is 111 cm³/mol. The van der Waals surface area contributed by atoms with E-state index >= 15 is 0 Å². The van der Waals surface area contributed by atoms with Gasteiger partial charge in [-0.25, -0.2) is 0 Å². The van der Waals surface area contributed by atoms with E-state index in [4.69, 9.17) is 9.47 Å². The molecular weight excluding hydrogens is 394 g/mol. The van der Waals surface area contributed by atoms with E-state index in [-0.39, 0.29) is 5.78 Å². The molecule has 0 saturated heterocycles. The highest BCUT2D eigenvalue weighted by atomic mass is 32.2. The smallest absolute Gasteiger partial charge is 0.210 e. The molecule has 1 aromatic heterocycles. The molecule has 0 fully saturated rings. The van der Waals surface area contributed by atoms with Crippen LogP contribution in [0.25, 0.3) is 0 Å². The Morgan fingerprint density at radius 1 is 1.29 bits per heavy atom. The number of nitrogens with zero attached hydrogens (tertiary/aromatic N) is 2. The third kappa shape index (κ3) is 4.28. The van der Waals surface area contributed by atoms with Crippen molar-refractivity contribution < 1.29 is 14.3 Å². The number of thioether (sulfide) groups is 1. The van der Waals surface area contributed by atoms with Crippen molar-refractivity contribution >= 4 is 39.7 Å². The molecule has 1 aliphatic rings. The van der Waals surface area contributed by atoms with E-state index in [2.05, 4.69) is 15.5 Å². The molecule has 0 radical (unpaired) electrons. The van der Waals surface area contributed by atoms with Crippen LogP contribution < -0.4 is 14.8 Å². The van der Waals surface area contributed by atoms with Gasteiger partial charge in [-0.1, -0.05) is 35.2 Å². The standard InChI is InChI=1S/C20H19N3O3S2/c1-2-25-18-6-4-3-5-15(18)21-19-22-23-20(28-19)27-12-16(24)13-7-8-17-14(11-13)9-10-26-17/h3-8,11H,2,9-10,12H2,1H3,(H,21,22). The zero-order valence-electron chi connectivity index (χ0n) is 15.3. The second-order valence-electron chi connectivity index (χ2n) is 6.06. The van der Waals surface area contributed by atoms with E-state index in [9.17, 15) is 4.79 Å². The Morgan fingerprint density at radius 2 is 2.18 bits per heavy atom. The summed E-state index contributed by atoms with van der Waals surface area (Å²) >= 11 is 2.81. The molecule has 3 aromatic rings. The first-order chi connectivity index (χ1) is 13.7. The maximum atomic E-state index is 12.5. The number of nitrogens with one attached hydrogen (secondary N) is 1. The molecule has 4 rings (SSSR count). The quantitative estimate of drug-likeness (QED) is 0.428. The molecule has 0 saturated carbocycles. The van der Waals surface area contributed by atoms with Gasteiger partial charge < -0.3 is 14.8 Å². The Balaban J connectivity index is 1.37. The van der Waals surface area contributed by atoms with Gasteiger partial charge in [0.15, 0.2) is 10.1 Å². The van der Waals surface area contributed by atoms with Crippen molar-refractivity contribution in [3.63, 3.8) is 0 Å². The van der Waals surface area contributed by atoms with E-state index in [1.807, 2.05) is 49.4 Å². The molecule has 0 amide bonds. The summed E-state index contributed by atoms with van der Waals surface area (Å²) in [6.45, 7) is 3.23. The first kappa shape index (κ1) is 18.8. The lowest BCUT2D eigenvalue weighted by atomic mass is 10.1. The van der Waals surface area contributed by atoms with Gasteiger partial charge in [-0.15, -0.1) is 10.2 Å². The van der Waals surface area contributed by atoms with Gasteiger partial charge in [-0.2, -0.15) is 0 Å².